The second kappa shape index (κ2) is 17.6. The highest BCUT2D eigenvalue weighted by atomic mass is 19.4. The van der Waals surface area contributed by atoms with Gasteiger partial charge in [-0.3, -0.25) is 0 Å². The first-order chi connectivity index (χ1) is 38.3. The molecule has 0 spiro atoms. The summed E-state index contributed by atoms with van der Waals surface area (Å²) >= 11 is 0. The van der Waals surface area contributed by atoms with Crippen LogP contribution in [0.25, 0.3) is 145 Å². The highest BCUT2D eigenvalue weighted by Crippen LogP contribution is 2.45. The highest BCUT2D eigenvalue weighted by molar-refractivity contribution is 6.19. The van der Waals surface area contributed by atoms with Gasteiger partial charge in [0.05, 0.1) is 38.8 Å². The minimum absolute atomic E-state index is 0.0565. The number of rotatable bonds is 7. The van der Waals surface area contributed by atoms with E-state index in [0.717, 1.165) is 76.8 Å². The van der Waals surface area contributed by atoms with Crippen molar-refractivity contribution >= 4 is 70.7 Å². The summed E-state index contributed by atoms with van der Waals surface area (Å²) in [5, 5.41) is 5.39. The van der Waals surface area contributed by atoms with E-state index in [1.54, 1.807) is 6.07 Å². The van der Waals surface area contributed by atoms with Gasteiger partial charge in [0, 0.05) is 65.7 Å². The monoisotopic (exact) mass is 1010 g/mol. The number of hydrogen-bond acceptors (Lipinski definition) is 6. The lowest BCUT2D eigenvalue weighted by molar-refractivity contribution is -0.136. The lowest BCUT2D eigenvalue weighted by atomic mass is 9.98. The van der Waals surface area contributed by atoms with E-state index in [2.05, 4.69) is 28.8 Å². The molecule has 0 atom stereocenters. The molecule has 0 saturated carbocycles. The van der Waals surface area contributed by atoms with Crippen LogP contribution in [0.4, 0.5) is 13.2 Å². The molecular formula is C67H39F3N8. The second-order valence-electron chi connectivity index (χ2n) is 19.4. The van der Waals surface area contributed by atoms with Gasteiger partial charge >= 0.3 is 6.18 Å². The predicted molar refractivity (Wildman–Crippen MR) is 306 cm³/mol. The van der Waals surface area contributed by atoms with Gasteiger partial charge in [0.1, 0.15) is 0 Å². The number of benzene rings is 10. The molecule has 0 aliphatic heterocycles. The maximum atomic E-state index is 16.1. The van der Waals surface area contributed by atoms with Crippen LogP contribution in [-0.4, -0.2) is 38.9 Å². The summed E-state index contributed by atoms with van der Waals surface area (Å²) in [7, 11) is 0. The first kappa shape index (κ1) is 45.0. The maximum Gasteiger partial charge on any atom is 0.417 e. The molecule has 8 nitrogen and oxygen atoms in total. The first-order valence-corrected chi connectivity index (χ1v) is 25.5. The van der Waals surface area contributed by atoms with Crippen molar-refractivity contribution < 1.29 is 13.2 Å². The second-order valence-corrected chi connectivity index (χ2v) is 19.4. The summed E-state index contributed by atoms with van der Waals surface area (Å²) in [6, 6.07) is 75.8. The Hall–Kier alpha value is -10.4. The molecule has 11 heteroatoms. The predicted octanol–water partition coefficient (Wildman–Crippen LogP) is 17.0. The number of aromatic nitrogens is 8. The molecule has 5 heterocycles. The Bertz CT molecular complexity index is 4770. The van der Waals surface area contributed by atoms with E-state index < -0.39 is 11.7 Å². The minimum atomic E-state index is -4.73. The fourth-order valence-corrected chi connectivity index (χ4v) is 11.3. The van der Waals surface area contributed by atoms with Gasteiger partial charge in [-0.05, 0) is 77.5 Å². The van der Waals surface area contributed by atoms with Crippen molar-refractivity contribution in [2.75, 3.05) is 0 Å². The summed E-state index contributed by atoms with van der Waals surface area (Å²) < 4.78 is 52.3. The third-order valence-electron chi connectivity index (χ3n) is 14.8. The molecule has 0 aliphatic carbocycles. The largest absolute Gasteiger partial charge is 0.417 e. The quantitative estimate of drug-likeness (QED) is 0.158. The Morgan fingerprint density at radius 3 is 1.32 bits per heavy atom. The minimum Gasteiger partial charge on any atom is -0.309 e. The molecule has 5 aromatic heterocycles. The molecule has 368 valence electrons. The van der Waals surface area contributed by atoms with Gasteiger partial charge in [-0.1, -0.05) is 170 Å². The van der Waals surface area contributed by atoms with Crippen LogP contribution >= 0.6 is 0 Å². The number of fused-ring (bicyclic) bond motifs is 13. The highest BCUT2D eigenvalue weighted by Gasteiger charge is 2.34. The third-order valence-corrected chi connectivity index (χ3v) is 14.8. The zero-order chi connectivity index (χ0) is 52.1. The lowest BCUT2D eigenvalue weighted by Crippen LogP contribution is -2.07. The average molecular weight is 1010 g/mol. The lowest BCUT2D eigenvalue weighted by Gasteiger charge is -2.16. The van der Waals surface area contributed by atoms with Crippen molar-refractivity contribution in [3.05, 3.63) is 242 Å². The molecule has 0 unspecified atom stereocenters. The topological polar surface area (TPSA) is 86.7 Å². The van der Waals surface area contributed by atoms with Gasteiger partial charge in [-0.15, -0.1) is 0 Å². The molecule has 15 aromatic rings. The van der Waals surface area contributed by atoms with E-state index in [1.807, 2.05) is 199 Å². The van der Waals surface area contributed by atoms with Crippen molar-refractivity contribution in [3.63, 3.8) is 0 Å². The van der Waals surface area contributed by atoms with Gasteiger partial charge in [0.25, 0.3) is 0 Å². The van der Waals surface area contributed by atoms with Gasteiger partial charge in [-0.25, -0.2) is 29.9 Å². The summed E-state index contributed by atoms with van der Waals surface area (Å²) in [6.45, 7) is 0. The Balaban J connectivity index is 1.04. The Labute approximate surface area is 443 Å². The van der Waals surface area contributed by atoms with E-state index in [0.29, 0.717) is 62.5 Å². The Morgan fingerprint density at radius 2 is 0.756 bits per heavy atom. The Morgan fingerprint density at radius 1 is 0.295 bits per heavy atom. The van der Waals surface area contributed by atoms with E-state index in [4.69, 9.17) is 29.9 Å². The van der Waals surface area contributed by atoms with Crippen LogP contribution in [0.1, 0.15) is 5.56 Å². The van der Waals surface area contributed by atoms with Gasteiger partial charge in [-0.2, -0.15) is 13.2 Å². The summed E-state index contributed by atoms with van der Waals surface area (Å²) in [5.74, 6) is 2.98. The van der Waals surface area contributed by atoms with Crippen LogP contribution in [0.5, 0.6) is 0 Å². The molecular weight excluding hydrogens is 974 g/mol. The van der Waals surface area contributed by atoms with Crippen LogP contribution in [0, 0.1) is 0 Å². The van der Waals surface area contributed by atoms with E-state index in [1.165, 1.54) is 12.1 Å². The number of nitrogens with zero attached hydrogens (tertiary/aromatic N) is 8. The van der Waals surface area contributed by atoms with Crippen LogP contribution in [0.15, 0.2) is 237 Å². The van der Waals surface area contributed by atoms with Crippen molar-refractivity contribution in [2.24, 2.45) is 0 Å². The molecule has 4 bridgehead atoms. The van der Waals surface area contributed by atoms with Gasteiger partial charge in [0.2, 0.25) is 0 Å². The molecule has 0 amide bonds. The molecule has 0 fully saturated rings. The molecule has 10 aromatic carbocycles. The van der Waals surface area contributed by atoms with E-state index in [9.17, 15) is 0 Å². The average Bonchev–Trinajstić information content (AvgIpc) is 4.21. The van der Waals surface area contributed by atoms with Crippen molar-refractivity contribution in [2.45, 2.75) is 6.18 Å². The van der Waals surface area contributed by atoms with Crippen LogP contribution < -0.4 is 0 Å². The number of halogens is 3. The van der Waals surface area contributed by atoms with E-state index >= 15 is 13.2 Å². The first-order valence-electron chi connectivity index (χ1n) is 25.5. The Kier molecular flexibility index (Phi) is 10.2. The summed E-state index contributed by atoms with van der Waals surface area (Å²) in [6.07, 6.45) is -4.73. The summed E-state index contributed by atoms with van der Waals surface area (Å²) in [5.41, 5.74) is 8.11. The van der Waals surface area contributed by atoms with Crippen LogP contribution in [0.3, 0.4) is 0 Å². The fourth-order valence-electron chi connectivity index (χ4n) is 11.3. The number of para-hydroxylation sites is 2. The molecule has 0 aliphatic rings. The molecule has 0 saturated heterocycles. The molecule has 78 heavy (non-hydrogen) atoms. The smallest absolute Gasteiger partial charge is 0.309 e. The standard InChI is InChI=1S/C67H39F3N8/c68-67(69,70)53-28-17-31-58-60(53)52-36-44(48-39-59-50(47-27-14-16-30-55(47)78(58)59)38-51(48)66-75-63(42-22-9-3-10-23-42)72-64(76-66)43-24-11-4-12-25-43)32-34-57(52)77-54-29-15-13-26-46(54)49-37-45(33-35-56(49)77)65-73-61(40-18-5-1-6-19-40)71-62(74-65)41-20-7-2-8-21-41/h1-39H. The summed E-state index contributed by atoms with van der Waals surface area (Å²) in [4.78, 5) is 30.4. The van der Waals surface area contributed by atoms with Gasteiger partial charge < -0.3 is 8.97 Å². The fraction of sp³-hybridized carbons (Fsp3) is 0.0149. The molecule has 0 N–H and O–H groups in total. The van der Waals surface area contributed by atoms with E-state index in [-0.39, 0.29) is 5.39 Å². The number of alkyl halides is 3. The van der Waals surface area contributed by atoms with Crippen molar-refractivity contribution in [1.29, 1.82) is 0 Å². The zero-order valence-electron chi connectivity index (χ0n) is 41.2. The normalized spacial score (nSPS) is 12.0. The molecule has 15 rings (SSSR count). The maximum absolute atomic E-state index is 16.1. The SMILES string of the molecule is FC(F)(F)c1cccc2c1c1cc(ccc1-n1c3ccccc3c3cc(-c4nc(-c5ccccc5)nc(-c5ccccc5)n4)ccc31)c1cc3c(cc1-c1nc(-c4ccccc4)nc(-c4ccccc4)n1)c1ccccc1n32. The molecule has 0 radical (unpaired) electrons. The van der Waals surface area contributed by atoms with Crippen LogP contribution in [0.2, 0.25) is 0 Å². The third kappa shape index (κ3) is 7.31. The number of hydrogen-bond donors (Lipinski definition) is 0. The van der Waals surface area contributed by atoms with Crippen molar-refractivity contribution in [1.82, 2.24) is 38.9 Å². The van der Waals surface area contributed by atoms with Crippen LogP contribution in [-0.2, 0) is 6.18 Å². The zero-order valence-corrected chi connectivity index (χ0v) is 41.2. The van der Waals surface area contributed by atoms with Gasteiger partial charge in [0.15, 0.2) is 34.9 Å². The van der Waals surface area contributed by atoms with Crippen molar-refractivity contribution in [3.8, 4) is 74.0 Å².